The Kier molecular flexibility index (Phi) is 6.32. The van der Waals surface area contributed by atoms with E-state index in [1.54, 1.807) is 0 Å². The Morgan fingerprint density at radius 2 is 1.68 bits per heavy atom. The summed E-state index contributed by atoms with van der Waals surface area (Å²) in [7, 11) is 0. The quantitative estimate of drug-likeness (QED) is 0.524. The first-order valence-electron chi connectivity index (χ1n) is 9.99. The molecular formula is C24H21BrFN3O2. The van der Waals surface area contributed by atoms with Gasteiger partial charge in [0.25, 0.3) is 5.91 Å². The van der Waals surface area contributed by atoms with Crippen LogP contribution in [0.15, 0.2) is 71.2 Å². The van der Waals surface area contributed by atoms with Crippen LogP contribution >= 0.6 is 15.9 Å². The summed E-state index contributed by atoms with van der Waals surface area (Å²) in [6.07, 6.45) is 1.68. The standard InChI is InChI=1S/C24H21BrFN3O2/c25-19-6-1-2-7-21(19)27-23(30)15-29-14-4-5-18-20(8-3-9-22(18)29)28-24(31)16-10-12-17(26)13-11-16/h1-3,6-13H,4-5,14-15H2,(H,27,30)(H,28,31). The van der Waals surface area contributed by atoms with Crippen molar-refractivity contribution in [2.75, 3.05) is 28.6 Å². The Morgan fingerprint density at radius 3 is 2.45 bits per heavy atom. The van der Waals surface area contributed by atoms with Crippen molar-refractivity contribution < 1.29 is 14.0 Å². The number of fused-ring (bicyclic) bond motifs is 1. The number of nitrogens with one attached hydrogen (secondary N) is 2. The molecule has 0 radical (unpaired) electrons. The van der Waals surface area contributed by atoms with Gasteiger partial charge in [0.2, 0.25) is 5.91 Å². The molecule has 2 N–H and O–H groups in total. The van der Waals surface area contributed by atoms with E-state index in [1.165, 1.54) is 24.3 Å². The predicted octanol–water partition coefficient (Wildman–Crippen LogP) is 5.23. The molecule has 7 heteroatoms. The maximum absolute atomic E-state index is 13.1. The highest BCUT2D eigenvalue weighted by molar-refractivity contribution is 9.10. The third-order valence-electron chi connectivity index (χ3n) is 5.18. The number of para-hydroxylation sites is 1. The molecule has 158 valence electrons. The zero-order chi connectivity index (χ0) is 21.8. The number of halogens is 2. The summed E-state index contributed by atoms with van der Waals surface area (Å²) in [5.41, 5.74) is 3.76. The van der Waals surface area contributed by atoms with Gasteiger partial charge in [0.15, 0.2) is 0 Å². The highest BCUT2D eigenvalue weighted by Crippen LogP contribution is 2.33. The van der Waals surface area contributed by atoms with Crippen LogP contribution in [0.4, 0.5) is 21.5 Å². The van der Waals surface area contributed by atoms with Crippen LogP contribution in [0.5, 0.6) is 0 Å². The number of hydrogen-bond acceptors (Lipinski definition) is 3. The number of nitrogens with zero attached hydrogens (tertiary/aromatic N) is 1. The summed E-state index contributed by atoms with van der Waals surface area (Å²) in [5, 5.41) is 5.87. The van der Waals surface area contributed by atoms with E-state index >= 15 is 0 Å². The van der Waals surface area contributed by atoms with E-state index in [0.717, 1.165) is 40.8 Å². The minimum absolute atomic E-state index is 0.111. The summed E-state index contributed by atoms with van der Waals surface area (Å²) in [4.78, 5) is 27.3. The first-order chi connectivity index (χ1) is 15.0. The second-order valence-corrected chi connectivity index (χ2v) is 8.17. The van der Waals surface area contributed by atoms with Crippen molar-refractivity contribution in [3.8, 4) is 0 Å². The molecule has 0 aromatic heterocycles. The number of amides is 2. The van der Waals surface area contributed by atoms with Crippen LogP contribution in [0.3, 0.4) is 0 Å². The lowest BCUT2D eigenvalue weighted by atomic mass is 9.99. The zero-order valence-corrected chi connectivity index (χ0v) is 18.3. The molecule has 5 nitrogen and oxygen atoms in total. The molecule has 1 aliphatic heterocycles. The molecule has 2 amide bonds. The smallest absolute Gasteiger partial charge is 0.255 e. The molecule has 31 heavy (non-hydrogen) atoms. The Morgan fingerprint density at radius 1 is 0.935 bits per heavy atom. The van der Waals surface area contributed by atoms with E-state index in [-0.39, 0.29) is 24.2 Å². The topological polar surface area (TPSA) is 61.4 Å². The predicted molar refractivity (Wildman–Crippen MR) is 124 cm³/mol. The fourth-order valence-corrected chi connectivity index (χ4v) is 4.09. The number of hydrogen-bond donors (Lipinski definition) is 2. The fraction of sp³-hybridized carbons (Fsp3) is 0.167. The van der Waals surface area contributed by atoms with Crippen molar-refractivity contribution in [3.63, 3.8) is 0 Å². The molecule has 0 saturated carbocycles. The summed E-state index contributed by atoms with van der Waals surface area (Å²) in [6.45, 7) is 0.968. The average Bonchev–Trinajstić information content (AvgIpc) is 2.76. The number of benzene rings is 3. The van der Waals surface area contributed by atoms with Crippen molar-refractivity contribution >= 4 is 44.8 Å². The minimum atomic E-state index is -0.384. The Balaban J connectivity index is 1.50. The van der Waals surface area contributed by atoms with E-state index in [9.17, 15) is 14.0 Å². The van der Waals surface area contributed by atoms with Gasteiger partial charge in [-0.3, -0.25) is 9.59 Å². The van der Waals surface area contributed by atoms with Crippen LogP contribution in [0.2, 0.25) is 0 Å². The van der Waals surface area contributed by atoms with Gasteiger partial charge in [-0.05, 0) is 82.9 Å². The summed E-state index contributed by atoms with van der Waals surface area (Å²) < 4.78 is 14.0. The van der Waals surface area contributed by atoms with Gasteiger partial charge in [-0.2, -0.15) is 0 Å². The molecule has 4 rings (SSSR count). The molecule has 0 unspecified atom stereocenters. The molecule has 0 bridgehead atoms. The average molecular weight is 482 g/mol. The van der Waals surface area contributed by atoms with Crippen LogP contribution in [0.1, 0.15) is 22.3 Å². The van der Waals surface area contributed by atoms with E-state index in [0.29, 0.717) is 11.3 Å². The molecule has 0 fully saturated rings. The highest BCUT2D eigenvalue weighted by atomic mass is 79.9. The molecule has 0 spiro atoms. The molecule has 1 heterocycles. The van der Waals surface area contributed by atoms with E-state index in [1.807, 2.05) is 47.4 Å². The third-order valence-corrected chi connectivity index (χ3v) is 5.88. The van der Waals surface area contributed by atoms with E-state index in [4.69, 9.17) is 0 Å². The van der Waals surface area contributed by atoms with Crippen LogP contribution in [0.25, 0.3) is 0 Å². The third kappa shape index (κ3) is 4.94. The molecule has 0 atom stereocenters. The van der Waals surface area contributed by atoms with Crippen molar-refractivity contribution in [3.05, 3.63) is 88.1 Å². The molecule has 3 aromatic carbocycles. The largest absolute Gasteiger partial charge is 0.362 e. The fourth-order valence-electron chi connectivity index (χ4n) is 3.70. The highest BCUT2D eigenvalue weighted by Gasteiger charge is 2.22. The lowest BCUT2D eigenvalue weighted by molar-refractivity contribution is -0.115. The van der Waals surface area contributed by atoms with Crippen LogP contribution in [0, 0.1) is 5.82 Å². The first-order valence-corrected chi connectivity index (χ1v) is 10.8. The first kappa shape index (κ1) is 21.1. The van der Waals surface area contributed by atoms with Crippen molar-refractivity contribution in [1.29, 1.82) is 0 Å². The zero-order valence-electron chi connectivity index (χ0n) is 16.7. The van der Waals surface area contributed by atoms with Crippen molar-refractivity contribution in [2.45, 2.75) is 12.8 Å². The van der Waals surface area contributed by atoms with Gasteiger partial charge in [-0.25, -0.2) is 4.39 Å². The number of anilines is 3. The van der Waals surface area contributed by atoms with Crippen LogP contribution < -0.4 is 15.5 Å². The van der Waals surface area contributed by atoms with Gasteiger partial charge in [0.05, 0.1) is 12.2 Å². The lowest BCUT2D eigenvalue weighted by Gasteiger charge is -2.32. The number of rotatable bonds is 5. The normalized spacial score (nSPS) is 12.8. The van der Waals surface area contributed by atoms with Crippen molar-refractivity contribution in [1.82, 2.24) is 0 Å². The van der Waals surface area contributed by atoms with Crippen LogP contribution in [-0.4, -0.2) is 24.9 Å². The summed E-state index contributed by atoms with van der Waals surface area (Å²) >= 11 is 3.44. The molecule has 0 aliphatic carbocycles. The molecule has 1 aliphatic rings. The van der Waals surface area contributed by atoms with Gasteiger partial charge < -0.3 is 15.5 Å². The van der Waals surface area contributed by atoms with Gasteiger partial charge >= 0.3 is 0 Å². The molecular weight excluding hydrogens is 461 g/mol. The van der Waals surface area contributed by atoms with Gasteiger partial charge in [0, 0.05) is 28.0 Å². The molecule has 3 aromatic rings. The maximum Gasteiger partial charge on any atom is 0.255 e. The van der Waals surface area contributed by atoms with Gasteiger partial charge in [-0.15, -0.1) is 0 Å². The van der Waals surface area contributed by atoms with Gasteiger partial charge in [0.1, 0.15) is 5.82 Å². The molecule has 0 saturated heterocycles. The Labute approximate surface area is 188 Å². The van der Waals surface area contributed by atoms with Crippen LogP contribution in [-0.2, 0) is 11.2 Å². The summed E-state index contributed by atoms with van der Waals surface area (Å²) in [6, 6.07) is 18.6. The summed E-state index contributed by atoms with van der Waals surface area (Å²) in [5.74, 6) is -0.789. The van der Waals surface area contributed by atoms with E-state index in [2.05, 4.69) is 26.6 Å². The number of carbonyl (C=O) groups is 2. The SMILES string of the molecule is O=C(CN1CCCc2c(NC(=O)c3ccc(F)cc3)cccc21)Nc1ccccc1Br. The van der Waals surface area contributed by atoms with E-state index < -0.39 is 0 Å². The van der Waals surface area contributed by atoms with Gasteiger partial charge in [-0.1, -0.05) is 18.2 Å². The second-order valence-electron chi connectivity index (χ2n) is 7.32. The lowest BCUT2D eigenvalue weighted by Crippen LogP contribution is -2.37. The monoisotopic (exact) mass is 481 g/mol. The maximum atomic E-state index is 13.1. The minimum Gasteiger partial charge on any atom is -0.362 e. The Hall–Kier alpha value is -3.19. The second kappa shape index (κ2) is 9.31. The Bertz CT molecular complexity index is 1120. The van der Waals surface area contributed by atoms with Crippen molar-refractivity contribution in [2.24, 2.45) is 0 Å². The number of carbonyl (C=O) groups excluding carboxylic acids is 2.